The lowest BCUT2D eigenvalue weighted by atomic mass is 9.99. The maximum atomic E-state index is 14.6. The average Bonchev–Trinajstić information content (AvgIpc) is 3.52. The topological polar surface area (TPSA) is 89.9 Å². The van der Waals surface area contributed by atoms with Crippen molar-refractivity contribution in [3.8, 4) is 0 Å². The van der Waals surface area contributed by atoms with Gasteiger partial charge in [0, 0.05) is 23.2 Å². The van der Waals surface area contributed by atoms with Crippen LogP contribution in [-0.2, 0) is 10.6 Å². The lowest BCUT2D eigenvalue weighted by Crippen LogP contribution is -2.47. The Kier molecular flexibility index (Phi) is 6.63. The highest BCUT2D eigenvalue weighted by Gasteiger charge is 2.54. The van der Waals surface area contributed by atoms with Crippen molar-refractivity contribution in [1.82, 2.24) is 10.2 Å². The first kappa shape index (κ1) is 25.1. The van der Waals surface area contributed by atoms with Crippen molar-refractivity contribution >= 4 is 11.8 Å². The van der Waals surface area contributed by atoms with Gasteiger partial charge in [0.05, 0.1) is 6.04 Å². The van der Waals surface area contributed by atoms with Crippen LogP contribution in [0.2, 0.25) is 0 Å². The molecular formula is C25H26F4N2O4. The van der Waals surface area contributed by atoms with Gasteiger partial charge in [0.1, 0.15) is 11.9 Å². The molecule has 0 radical (unpaired) electrons. The molecule has 2 atom stereocenters. The van der Waals surface area contributed by atoms with Crippen molar-refractivity contribution in [2.45, 2.75) is 56.7 Å². The minimum atomic E-state index is -5.37. The molecule has 3 N–H and O–H groups in total. The molecule has 1 aliphatic carbocycles. The number of benzene rings is 2. The number of amides is 2. The molecule has 2 aromatic rings. The van der Waals surface area contributed by atoms with Gasteiger partial charge in [-0.15, -0.1) is 0 Å². The molecule has 1 saturated carbocycles. The number of nitrogens with zero attached hydrogens (tertiary/aromatic N) is 1. The second-order valence-electron chi connectivity index (χ2n) is 9.26. The largest absolute Gasteiger partial charge is 0.447 e. The standard InChI is InChI=1S/C25H26F4N2O4/c1-14-7-10-18(19(26)12-14)21(15-8-9-15)30-22(32)20-6-3-11-31(20)23(33)16-4-2-5-17(13-16)24(34,35)25(27,28)29/h2,4-5,7,10,12-13,15,20-21,34-35H,3,6,8-9,11H2,1H3,(H,30,32)/t20-,21-/m1/s1. The third-order valence-electron chi connectivity index (χ3n) is 6.61. The lowest BCUT2D eigenvalue weighted by molar-refractivity contribution is -0.358. The Bertz CT molecular complexity index is 1130. The maximum absolute atomic E-state index is 14.6. The molecule has 2 aliphatic rings. The molecule has 0 unspecified atom stereocenters. The van der Waals surface area contributed by atoms with E-state index in [4.69, 9.17) is 0 Å². The highest BCUT2D eigenvalue weighted by atomic mass is 19.4. The van der Waals surface area contributed by atoms with Crippen molar-refractivity contribution in [2.24, 2.45) is 5.92 Å². The fourth-order valence-corrected chi connectivity index (χ4v) is 4.49. The molecule has 1 heterocycles. The number of hydrogen-bond acceptors (Lipinski definition) is 4. The van der Waals surface area contributed by atoms with E-state index < -0.39 is 47.2 Å². The molecule has 2 amide bonds. The SMILES string of the molecule is Cc1ccc([C@H](NC(=O)[C@H]2CCCN2C(=O)c2cccc(C(O)(O)C(F)(F)F)c2)C2CC2)c(F)c1. The van der Waals surface area contributed by atoms with E-state index in [1.54, 1.807) is 19.1 Å². The van der Waals surface area contributed by atoms with E-state index in [1.807, 2.05) is 0 Å². The number of carbonyl (C=O) groups is 2. The second kappa shape index (κ2) is 9.23. The smallest absolute Gasteiger partial charge is 0.355 e. The predicted octanol–water partition coefficient (Wildman–Crippen LogP) is 3.71. The number of alkyl halides is 3. The molecule has 1 aliphatic heterocycles. The molecule has 2 fully saturated rings. The van der Waals surface area contributed by atoms with Crippen LogP contribution in [-0.4, -0.2) is 45.7 Å². The predicted molar refractivity (Wildman–Crippen MR) is 117 cm³/mol. The molecule has 10 heteroatoms. The molecule has 2 aromatic carbocycles. The van der Waals surface area contributed by atoms with Gasteiger partial charge in [-0.2, -0.15) is 13.2 Å². The fraction of sp³-hybridized carbons (Fsp3) is 0.440. The zero-order valence-electron chi connectivity index (χ0n) is 19.0. The number of aliphatic hydroxyl groups is 2. The Labute approximate surface area is 199 Å². The number of rotatable bonds is 6. The Hall–Kier alpha value is -2.98. The van der Waals surface area contributed by atoms with E-state index in [0.717, 1.165) is 36.6 Å². The summed E-state index contributed by atoms with van der Waals surface area (Å²) in [6.07, 6.45) is -2.85. The molecule has 0 bridgehead atoms. The van der Waals surface area contributed by atoms with Crippen LogP contribution in [0.25, 0.3) is 0 Å². The molecule has 0 aromatic heterocycles. The van der Waals surface area contributed by atoms with Crippen molar-refractivity contribution in [3.05, 3.63) is 70.5 Å². The van der Waals surface area contributed by atoms with Gasteiger partial charge in [-0.25, -0.2) is 4.39 Å². The van der Waals surface area contributed by atoms with Crippen LogP contribution in [0, 0.1) is 18.7 Å². The zero-order chi connectivity index (χ0) is 25.5. The highest BCUT2D eigenvalue weighted by Crippen LogP contribution is 2.42. The van der Waals surface area contributed by atoms with Crippen molar-refractivity contribution < 1.29 is 37.4 Å². The van der Waals surface area contributed by atoms with Gasteiger partial charge in [0.2, 0.25) is 5.91 Å². The van der Waals surface area contributed by atoms with Crippen molar-refractivity contribution in [1.29, 1.82) is 0 Å². The van der Waals surface area contributed by atoms with Gasteiger partial charge in [0.25, 0.3) is 11.7 Å². The highest BCUT2D eigenvalue weighted by molar-refractivity contribution is 5.98. The molecule has 188 valence electrons. The second-order valence-corrected chi connectivity index (χ2v) is 9.26. The first-order chi connectivity index (χ1) is 16.4. The Morgan fingerprint density at radius 3 is 2.43 bits per heavy atom. The maximum Gasteiger partial charge on any atom is 0.447 e. The zero-order valence-corrected chi connectivity index (χ0v) is 19.0. The summed E-state index contributed by atoms with van der Waals surface area (Å²) in [5, 5.41) is 22.0. The van der Waals surface area contributed by atoms with Gasteiger partial charge in [0.15, 0.2) is 0 Å². The van der Waals surface area contributed by atoms with E-state index in [9.17, 15) is 37.4 Å². The van der Waals surface area contributed by atoms with Crippen molar-refractivity contribution in [3.63, 3.8) is 0 Å². The van der Waals surface area contributed by atoms with E-state index in [-0.39, 0.29) is 18.0 Å². The minimum Gasteiger partial charge on any atom is -0.355 e. The van der Waals surface area contributed by atoms with E-state index in [2.05, 4.69) is 5.32 Å². The summed E-state index contributed by atoms with van der Waals surface area (Å²) in [5.74, 6) is -5.62. The van der Waals surface area contributed by atoms with E-state index in [0.29, 0.717) is 18.4 Å². The van der Waals surface area contributed by atoms with Crippen LogP contribution in [0.5, 0.6) is 0 Å². The summed E-state index contributed by atoms with van der Waals surface area (Å²) in [6.45, 7) is 1.97. The Morgan fingerprint density at radius 2 is 1.80 bits per heavy atom. The monoisotopic (exact) mass is 494 g/mol. The molecule has 0 spiro atoms. The fourth-order valence-electron chi connectivity index (χ4n) is 4.49. The molecule has 4 rings (SSSR count). The molecule has 1 saturated heterocycles. The van der Waals surface area contributed by atoms with Gasteiger partial charge >= 0.3 is 6.18 Å². The number of hydrogen-bond donors (Lipinski definition) is 3. The quantitative estimate of drug-likeness (QED) is 0.422. The third-order valence-corrected chi connectivity index (χ3v) is 6.61. The summed E-state index contributed by atoms with van der Waals surface area (Å²) in [4.78, 5) is 27.6. The van der Waals surface area contributed by atoms with Crippen LogP contribution in [0.3, 0.4) is 0 Å². The Balaban J connectivity index is 1.54. The van der Waals surface area contributed by atoms with Gasteiger partial charge in [-0.1, -0.05) is 24.3 Å². The number of aryl methyl sites for hydroxylation is 1. The first-order valence-corrected chi connectivity index (χ1v) is 11.4. The number of nitrogens with one attached hydrogen (secondary N) is 1. The summed E-state index contributed by atoms with van der Waals surface area (Å²) in [6, 6.07) is 7.38. The summed E-state index contributed by atoms with van der Waals surface area (Å²) >= 11 is 0. The van der Waals surface area contributed by atoms with Gasteiger partial charge < -0.3 is 20.4 Å². The third kappa shape index (κ3) is 5.04. The van der Waals surface area contributed by atoms with Crippen LogP contribution in [0.15, 0.2) is 42.5 Å². The normalized spacial score (nSPS) is 19.5. The lowest BCUT2D eigenvalue weighted by Gasteiger charge is -2.28. The Morgan fingerprint density at radius 1 is 1.09 bits per heavy atom. The molecule has 35 heavy (non-hydrogen) atoms. The number of likely N-dealkylation sites (tertiary alicyclic amines) is 1. The van der Waals surface area contributed by atoms with Crippen molar-refractivity contribution in [2.75, 3.05) is 6.54 Å². The van der Waals surface area contributed by atoms with Gasteiger partial charge in [-0.05, 0) is 62.3 Å². The van der Waals surface area contributed by atoms with Crippen LogP contribution in [0.4, 0.5) is 17.6 Å². The molecular weight excluding hydrogens is 468 g/mol. The van der Waals surface area contributed by atoms with E-state index >= 15 is 0 Å². The van der Waals surface area contributed by atoms with Crippen LogP contribution >= 0.6 is 0 Å². The summed E-state index contributed by atoms with van der Waals surface area (Å²) in [5.41, 5.74) is 0.0218. The average molecular weight is 494 g/mol. The van der Waals surface area contributed by atoms with Gasteiger partial charge in [-0.3, -0.25) is 9.59 Å². The van der Waals surface area contributed by atoms with Crippen LogP contribution in [0.1, 0.15) is 58.8 Å². The summed E-state index contributed by atoms with van der Waals surface area (Å²) < 4.78 is 53.7. The first-order valence-electron chi connectivity index (χ1n) is 11.4. The number of carbonyl (C=O) groups excluding carboxylic acids is 2. The van der Waals surface area contributed by atoms with Crippen LogP contribution < -0.4 is 5.32 Å². The summed E-state index contributed by atoms with van der Waals surface area (Å²) in [7, 11) is 0. The van der Waals surface area contributed by atoms with E-state index in [1.165, 1.54) is 17.0 Å². The number of halogens is 4. The minimum absolute atomic E-state index is 0.0861. The molecule has 6 nitrogen and oxygen atoms in total.